The monoisotopic (exact) mass is 644 g/mol. The first kappa shape index (κ1) is 29.0. The number of benzene rings is 7. The smallest absolute Gasteiger partial charge is 0.0655 e. The fourth-order valence-corrected chi connectivity index (χ4v) is 8.00. The Balaban J connectivity index is 1.08. The number of hydrogen-bond donors (Lipinski definition) is 0. The van der Waals surface area contributed by atoms with Crippen LogP contribution in [0.15, 0.2) is 194 Å². The zero-order valence-corrected chi connectivity index (χ0v) is 27.6. The van der Waals surface area contributed by atoms with E-state index >= 15 is 0 Å². The zero-order chi connectivity index (χ0) is 32.6. The van der Waals surface area contributed by atoms with Crippen molar-refractivity contribution in [2.75, 3.05) is 4.90 Å². The van der Waals surface area contributed by atoms with Gasteiger partial charge in [0.1, 0.15) is 0 Å². The third-order valence-corrected chi connectivity index (χ3v) is 10.4. The van der Waals surface area contributed by atoms with Crippen LogP contribution in [0.2, 0.25) is 0 Å². The van der Waals surface area contributed by atoms with Gasteiger partial charge < -0.3 is 9.47 Å². The van der Waals surface area contributed by atoms with Gasteiger partial charge in [0.2, 0.25) is 0 Å². The van der Waals surface area contributed by atoms with E-state index in [4.69, 9.17) is 0 Å². The number of hydrogen-bond acceptors (Lipinski definition) is 2. The molecule has 7 aromatic carbocycles. The lowest BCUT2D eigenvalue weighted by Gasteiger charge is -2.25. The molecule has 0 amide bonds. The van der Waals surface area contributed by atoms with E-state index in [1.54, 1.807) is 0 Å². The summed E-state index contributed by atoms with van der Waals surface area (Å²) in [5.74, 6) is 0. The summed E-state index contributed by atoms with van der Waals surface area (Å²) < 4.78 is 3.72. The second-order valence-electron chi connectivity index (χ2n) is 12.2. The minimum atomic E-state index is 1.12. The lowest BCUT2D eigenvalue weighted by Crippen LogP contribution is -2.09. The molecule has 0 aliphatic carbocycles. The molecule has 0 aliphatic rings. The molecule has 0 fully saturated rings. The number of aromatic nitrogens is 1. The van der Waals surface area contributed by atoms with Crippen molar-refractivity contribution in [2.24, 2.45) is 0 Å². The lowest BCUT2D eigenvalue weighted by atomic mass is 10.0. The molecule has 9 aromatic rings. The average Bonchev–Trinajstić information content (AvgIpc) is 3.75. The SMILES string of the molecule is c1ccc(-c2ccc(N(c3ccccc3)c3ccc(-c4cc5c(s4)c4ccccc4n5-c4ccc(-c5ccccc5)cc4)cc3)cc2)cc1. The largest absolute Gasteiger partial charge is 0.311 e. The van der Waals surface area contributed by atoms with Crippen molar-refractivity contribution in [2.45, 2.75) is 0 Å². The van der Waals surface area contributed by atoms with Crippen molar-refractivity contribution in [1.29, 1.82) is 0 Å². The molecule has 2 nitrogen and oxygen atoms in total. The maximum Gasteiger partial charge on any atom is 0.0655 e. The molecule has 0 radical (unpaired) electrons. The van der Waals surface area contributed by atoms with Gasteiger partial charge in [0, 0.05) is 33.0 Å². The topological polar surface area (TPSA) is 8.17 Å². The Morgan fingerprint density at radius 1 is 0.367 bits per heavy atom. The molecular formula is C46H32N2S. The molecule has 0 saturated heterocycles. The fraction of sp³-hybridized carbons (Fsp3) is 0. The van der Waals surface area contributed by atoms with Gasteiger partial charge in [-0.3, -0.25) is 0 Å². The van der Waals surface area contributed by atoms with Crippen LogP contribution in [0, 0.1) is 0 Å². The van der Waals surface area contributed by atoms with Crippen LogP contribution in [-0.4, -0.2) is 4.57 Å². The Kier molecular flexibility index (Phi) is 7.38. The van der Waals surface area contributed by atoms with Crippen LogP contribution < -0.4 is 4.90 Å². The van der Waals surface area contributed by atoms with Crippen molar-refractivity contribution in [1.82, 2.24) is 4.57 Å². The molecule has 2 heterocycles. The van der Waals surface area contributed by atoms with Gasteiger partial charge in [-0.1, -0.05) is 133 Å². The number of para-hydroxylation sites is 2. The van der Waals surface area contributed by atoms with E-state index < -0.39 is 0 Å². The highest BCUT2D eigenvalue weighted by Gasteiger charge is 2.18. The van der Waals surface area contributed by atoms with Crippen molar-refractivity contribution >= 4 is 49.5 Å². The summed E-state index contributed by atoms with van der Waals surface area (Å²) >= 11 is 1.87. The van der Waals surface area contributed by atoms with Gasteiger partial charge in [-0.15, -0.1) is 11.3 Å². The zero-order valence-electron chi connectivity index (χ0n) is 26.8. The van der Waals surface area contributed by atoms with E-state index in [1.165, 1.54) is 59.5 Å². The third kappa shape index (κ3) is 5.41. The quantitative estimate of drug-likeness (QED) is 0.168. The van der Waals surface area contributed by atoms with Crippen LogP contribution >= 0.6 is 11.3 Å². The van der Waals surface area contributed by atoms with Crippen LogP contribution in [0.5, 0.6) is 0 Å². The Bertz CT molecular complexity index is 2490. The van der Waals surface area contributed by atoms with Crippen LogP contribution in [-0.2, 0) is 0 Å². The molecule has 0 bridgehead atoms. The molecule has 2 aromatic heterocycles. The van der Waals surface area contributed by atoms with Crippen molar-refractivity contribution in [3.05, 3.63) is 194 Å². The summed E-state index contributed by atoms with van der Waals surface area (Å²) in [6.45, 7) is 0. The molecule has 0 unspecified atom stereocenters. The van der Waals surface area contributed by atoms with E-state index in [-0.39, 0.29) is 0 Å². The number of rotatable bonds is 7. The van der Waals surface area contributed by atoms with Crippen LogP contribution in [0.25, 0.3) is 59.5 Å². The summed E-state index contributed by atoms with van der Waals surface area (Å²) in [5.41, 5.74) is 13.1. The van der Waals surface area contributed by atoms with Gasteiger partial charge in [-0.2, -0.15) is 0 Å². The summed E-state index contributed by atoms with van der Waals surface area (Å²) in [6.07, 6.45) is 0. The molecule has 3 heteroatoms. The van der Waals surface area contributed by atoms with Crippen molar-refractivity contribution < 1.29 is 0 Å². The second kappa shape index (κ2) is 12.5. The van der Waals surface area contributed by atoms with Gasteiger partial charge in [0.25, 0.3) is 0 Å². The van der Waals surface area contributed by atoms with E-state index in [0.29, 0.717) is 0 Å². The lowest BCUT2D eigenvalue weighted by molar-refractivity contribution is 1.18. The summed E-state index contributed by atoms with van der Waals surface area (Å²) in [6, 6.07) is 69.6. The first-order chi connectivity index (χ1) is 24.3. The highest BCUT2D eigenvalue weighted by atomic mass is 32.1. The van der Waals surface area contributed by atoms with Crippen LogP contribution in [0.4, 0.5) is 17.1 Å². The number of nitrogens with zero attached hydrogens (tertiary/aromatic N) is 2. The Labute approximate surface area is 290 Å². The molecule has 0 aliphatic heterocycles. The predicted molar refractivity (Wildman–Crippen MR) is 210 cm³/mol. The third-order valence-electron chi connectivity index (χ3n) is 9.23. The Hall–Kier alpha value is -6.16. The van der Waals surface area contributed by atoms with Crippen molar-refractivity contribution in [3.63, 3.8) is 0 Å². The number of fused-ring (bicyclic) bond motifs is 3. The molecule has 0 N–H and O–H groups in total. The van der Waals surface area contributed by atoms with Gasteiger partial charge in [0.05, 0.1) is 15.7 Å². The minimum absolute atomic E-state index is 1.12. The fourth-order valence-electron chi connectivity index (χ4n) is 6.82. The van der Waals surface area contributed by atoms with E-state index in [2.05, 4.69) is 204 Å². The molecule has 0 spiro atoms. The first-order valence-corrected chi connectivity index (χ1v) is 17.4. The molecule has 0 saturated carbocycles. The summed E-state index contributed by atoms with van der Waals surface area (Å²) in [4.78, 5) is 3.58. The van der Waals surface area contributed by atoms with Crippen LogP contribution in [0.3, 0.4) is 0 Å². The maximum atomic E-state index is 2.41. The standard InChI is InChI=1S/C46H32N2S/c1-4-12-33(13-5-1)35-20-26-39(27-21-35)47(38-16-8-3-9-17-38)40-30-24-37(25-31-40)45-32-44-46(49-45)42-18-10-11-19-43(42)48(44)41-28-22-36(23-29-41)34-14-6-2-7-15-34/h1-32H. The Morgan fingerprint density at radius 2 is 0.816 bits per heavy atom. The normalized spacial score (nSPS) is 11.3. The average molecular weight is 645 g/mol. The van der Waals surface area contributed by atoms with Gasteiger partial charge in [-0.05, 0) is 88.5 Å². The highest BCUT2D eigenvalue weighted by molar-refractivity contribution is 7.23. The molecular weight excluding hydrogens is 613 g/mol. The van der Waals surface area contributed by atoms with E-state index in [1.807, 2.05) is 11.3 Å². The van der Waals surface area contributed by atoms with Gasteiger partial charge in [0.15, 0.2) is 0 Å². The van der Waals surface area contributed by atoms with E-state index in [0.717, 1.165) is 17.1 Å². The highest BCUT2D eigenvalue weighted by Crippen LogP contribution is 2.43. The summed E-state index contributed by atoms with van der Waals surface area (Å²) in [5, 5.41) is 1.28. The van der Waals surface area contributed by atoms with Gasteiger partial charge in [-0.25, -0.2) is 0 Å². The molecule has 0 atom stereocenters. The molecule has 49 heavy (non-hydrogen) atoms. The number of thiophene rings is 1. The maximum absolute atomic E-state index is 2.41. The van der Waals surface area contributed by atoms with Gasteiger partial charge >= 0.3 is 0 Å². The Morgan fingerprint density at radius 3 is 1.41 bits per heavy atom. The number of anilines is 3. The summed E-state index contributed by atoms with van der Waals surface area (Å²) in [7, 11) is 0. The molecule has 9 rings (SSSR count). The van der Waals surface area contributed by atoms with Crippen LogP contribution in [0.1, 0.15) is 0 Å². The predicted octanol–water partition coefficient (Wildman–Crippen LogP) is 13.3. The van der Waals surface area contributed by atoms with Crippen molar-refractivity contribution in [3.8, 4) is 38.4 Å². The molecule has 232 valence electrons. The van der Waals surface area contributed by atoms with E-state index in [9.17, 15) is 0 Å². The second-order valence-corrected chi connectivity index (χ2v) is 13.3. The first-order valence-electron chi connectivity index (χ1n) is 16.6. The minimum Gasteiger partial charge on any atom is -0.311 e.